The molecule has 0 N–H and O–H groups in total. The summed E-state index contributed by atoms with van der Waals surface area (Å²) in [5.74, 6) is 0.625. The number of carbonyl (C=O) groups is 1. The van der Waals surface area contributed by atoms with Crippen molar-refractivity contribution in [2.24, 2.45) is 5.92 Å². The molecule has 0 unspecified atom stereocenters. The molecule has 1 aliphatic heterocycles. The molecule has 3 heteroatoms. The van der Waals surface area contributed by atoms with E-state index >= 15 is 0 Å². The SMILES string of the molecule is CN(Cc1ccccc1N1CCCC1)C(=O)C1CC1. The van der Waals surface area contributed by atoms with Gasteiger partial charge in [0, 0.05) is 38.3 Å². The Balaban J connectivity index is 1.74. The van der Waals surface area contributed by atoms with Gasteiger partial charge in [0.05, 0.1) is 0 Å². The van der Waals surface area contributed by atoms with Gasteiger partial charge in [-0.2, -0.15) is 0 Å². The molecule has 0 atom stereocenters. The highest BCUT2D eigenvalue weighted by molar-refractivity contribution is 5.81. The van der Waals surface area contributed by atoms with Gasteiger partial charge in [0.2, 0.25) is 5.91 Å². The van der Waals surface area contributed by atoms with E-state index in [1.165, 1.54) is 24.1 Å². The molecule has 0 aromatic heterocycles. The number of carbonyl (C=O) groups excluding carboxylic acids is 1. The molecule has 1 saturated carbocycles. The van der Waals surface area contributed by atoms with Gasteiger partial charge in [-0.15, -0.1) is 0 Å². The summed E-state index contributed by atoms with van der Waals surface area (Å²) in [6, 6.07) is 8.52. The quantitative estimate of drug-likeness (QED) is 0.829. The monoisotopic (exact) mass is 258 g/mol. The van der Waals surface area contributed by atoms with Crippen molar-refractivity contribution in [3.8, 4) is 0 Å². The zero-order valence-corrected chi connectivity index (χ0v) is 11.6. The van der Waals surface area contributed by atoms with Gasteiger partial charge in [-0.05, 0) is 37.3 Å². The van der Waals surface area contributed by atoms with Gasteiger partial charge in [0.25, 0.3) is 0 Å². The molecule has 1 aliphatic carbocycles. The first kappa shape index (κ1) is 12.5. The van der Waals surface area contributed by atoms with Crippen LogP contribution in [0.2, 0.25) is 0 Å². The Kier molecular flexibility index (Phi) is 3.45. The van der Waals surface area contributed by atoms with Crippen LogP contribution in [0.3, 0.4) is 0 Å². The summed E-state index contributed by atoms with van der Waals surface area (Å²) in [7, 11) is 1.93. The summed E-state index contributed by atoms with van der Waals surface area (Å²) in [6.45, 7) is 3.04. The Morgan fingerprint density at radius 1 is 1.26 bits per heavy atom. The average molecular weight is 258 g/mol. The molecule has 1 amide bonds. The van der Waals surface area contributed by atoms with Crippen molar-refractivity contribution >= 4 is 11.6 Å². The second-order valence-corrected chi connectivity index (χ2v) is 5.79. The number of para-hydroxylation sites is 1. The van der Waals surface area contributed by atoms with E-state index in [0.717, 1.165) is 32.5 Å². The van der Waals surface area contributed by atoms with Crippen LogP contribution >= 0.6 is 0 Å². The number of hydrogen-bond donors (Lipinski definition) is 0. The largest absolute Gasteiger partial charge is 0.371 e. The van der Waals surface area contributed by atoms with E-state index in [-0.39, 0.29) is 0 Å². The molecule has 19 heavy (non-hydrogen) atoms. The van der Waals surface area contributed by atoms with E-state index < -0.39 is 0 Å². The summed E-state index contributed by atoms with van der Waals surface area (Å²) in [4.78, 5) is 16.4. The maximum absolute atomic E-state index is 12.1. The Bertz CT molecular complexity index is 462. The highest BCUT2D eigenvalue weighted by Crippen LogP contribution is 2.32. The summed E-state index contributed by atoms with van der Waals surface area (Å²) in [5, 5.41) is 0. The van der Waals surface area contributed by atoms with Gasteiger partial charge in [0.15, 0.2) is 0 Å². The lowest BCUT2D eigenvalue weighted by Crippen LogP contribution is -2.29. The normalized spacial score (nSPS) is 18.7. The van der Waals surface area contributed by atoms with Crippen LogP contribution in [0.1, 0.15) is 31.2 Å². The zero-order chi connectivity index (χ0) is 13.2. The van der Waals surface area contributed by atoms with Crippen LogP contribution < -0.4 is 4.90 Å². The molecule has 1 saturated heterocycles. The second-order valence-electron chi connectivity index (χ2n) is 5.79. The summed E-state index contributed by atoms with van der Waals surface area (Å²) >= 11 is 0. The van der Waals surface area contributed by atoms with Gasteiger partial charge < -0.3 is 9.80 Å². The highest BCUT2D eigenvalue weighted by Gasteiger charge is 2.32. The van der Waals surface area contributed by atoms with Crippen molar-refractivity contribution in [2.45, 2.75) is 32.2 Å². The van der Waals surface area contributed by atoms with Crippen LogP contribution in [-0.2, 0) is 11.3 Å². The Morgan fingerprint density at radius 2 is 1.95 bits per heavy atom. The Hall–Kier alpha value is -1.51. The minimum atomic E-state index is 0.309. The first-order chi connectivity index (χ1) is 9.25. The third kappa shape index (κ3) is 2.75. The molecule has 1 aromatic carbocycles. The molecule has 0 spiro atoms. The molecule has 1 heterocycles. The van der Waals surface area contributed by atoms with Crippen LogP contribution in [0.15, 0.2) is 24.3 Å². The van der Waals surface area contributed by atoms with E-state index in [0.29, 0.717) is 11.8 Å². The van der Waals surface area contributed by atoms with Crippen LogP contribution in [0.25, 0.3) is 0 Å². The molecule has 0 bridgehead atoms. The van der Waals surface area contributed by atoms with E-state index in [1.54, 1.807) is 0 Å². The van der Waals surface area contributed by atoms with Crippen molar-refractivity contribution in [2.75, 3.05) is 25.0 Å². The average Bonchev–Trinajstić information content (AvgIpc) is 3.14. The summed E-state index contributed by atoms with van der Waals surface area (Å²) in [5.41, 5.74) is 2.59. The van der Waals surface area contributed by atoms with Gasteiger partial charge in [0.1, 0.15) is 0 Å². The fraction of sp³-hybridized carbons (Fsp3) is 0.562. The minimum absolute atomic E-state index is 0.309. The maximum Gasteiger partial charge on any atom is 0.225 e. The van der Waals surface area contributed by atoms with Crippen molar-refractivity contribution < 1.29 is 4.79 Å². The predicted octanol–water partition coefficient (Wildman–Crippen LogP) is 2.66. The number of benzene rings is 1. The number of rotatable bonds is 4. The van der Waals surface area contributed by atoms with Gasteiger partial charge in [-0.3, -0.25) is 4.79 Å². The van der Waals surface area contributed by atoms with Crippen molar-refractivity contribution in [3.05, 3.63) is 29.8 Å². The first-order valence-electron chi connectivity index (χ1n) is 7.33. The lowest BCUT2D eigenvalue weighted by molar-refractivity contribution is -0.131. The van der Waals surface area contributed by atoms with Crippen molar-refractivity contribution in [1.82, 2.24) is 4.90 Å². The Morgan fingerprint density at radius 3 is 2.63 bits per heavy atom. The standard InChI is InChI=1S/C16H22N2O/c1-17(16(19)13-8-9-13)12-14-6-2-3-7-15(14)18-10-4-5-11-18/h2-3,6-7,13H,4-5,8-12H2,1H3. The molecular formula is C16H22N2O. The van der Waals surface area contributed by atoms with E-state index in [9.17, 15) is 4.79 Å². The lowest BCUT2D eigenvalue weighted by Gasteiger charge is -2.24. The summed E-state index contributed by atoms with van der Waals surface area (Å²) in [6.07, 6.45) is 4.73. The van der Waals surface area contributed by atoms with Crippen LogP contribution in [-0.4, -0.2) is 30.9 Å². The fourth-order valence-electron chi connectivity index (χ4n) is 2.89. The highest BCUT2D eigenvalue weighted by atomic mass is 16.2. The maximum atomic E-state index is 12.1. The van der Waals surface area contributed by atoms with Crippen molar-refractivity contribution in [3.63, 3.8) is 0 Å². The number of nitrogens with zero attached hydrogens (tertiary/aromatic N) is 2. The number of amides is 1. The third-order valence-electron chi connectivity index (χ3n) is 4.15. The second kappa shape index (κ2) is 5.24. The van der Waals surface area contributed by atoms with E-state index in [1.807, 2.05) is 11.9 Å². The van der Waals surface area contributed by atoms with Crippen LogP contribution in [0.4, 0.5) is 5.69 Å². The molecule has 3 nitrogen and oxygen atoms in total. The molecular weight excluding hydrogens is 236 g/mol. The topological polar surface area (TPSA) is 23.6 Å². The third-order valence-corrected chi connectivity index (χ3v) is 4.15. The molecule has 2 fully saturated rings. The molecule has 102 valence electrons. The zero-order valence-electron chi connectivity index (χ0n) is 11.6. The molecule has 0 radical (unpaired) electrons. The minimum Gasteiger partial charge on any atom is -0.371 e. The molecule has 1 aromatic rings. The number of hydrogen-bond acceptors (Lipinski definition) is 2. The fourth-order valence-corrected chi connectivity index (χ4v) is 2.89. The summed E-state index contributed by atoms with van der Waals surface area (Å²) < 4.78 is 0. The molecule has 3 rings (SSSR count). The predicted molar refractivity (Wildman–Crippen MR) is 77.1 cm³/mol. The van der Waals surface area contributed by atoms with Gasteiger partial charge in [-0.1, -0.05) is 18.2 Å². The van der Waals surface area contributed by atoms with Gasteiger partial charge >= 0.3 is 0 Å². The van der Waals surface area contributed by atoms with Crippen LogP contribution in [0, 0.1) is 5.92 Å². The first-order valence-corrected chi connectivity index (χ1v) is 7.33. The lowest BCUT2D eigenvalue weighted by atomic mass is 10.1. The molecule has 2 aliphatic rings. The van der Waals surface area contributed by atoms with E-state index in [4.69, 9.17) is 0 Å². The van der Waals surface area contributed by atoms with E-state index in [2.05, 4.69) is 29.2 Å². The Labute approximate surface area is 115 Å². The smallest absolute Gasteiger partial charge is 0.225 e. The van der Waals surface area contributed by atoms with Crippen LogP contribution in [0.5, 0.6) is 0 Å². The number of anilines is 1. The van der Waals surface area contributed by atoms with Crippen molar-refractivity contribution in [1.29, 1.82) is 0 Å². The van der Waals surface area contributed by atoms with Gasteiger partial charge in [-0.25, -0.2) is 0 Å².